The Kier molecular flexibility index (Phi) is 4.67. The van der Waals surface area contributed by atoms with Gasteiger partial charge in [-0.05, 0) is 18.4 Å². The van der Waals surface area contributed by atoms with Gasteiger partial charge in [0.2, 0.25) is 0 Å². The molecule has 8 heteroatoms. The summed E-state index contributed by atoms with van der Waals surface area (Å²) in [6.45, 7) is 2.60. The van der Waals surface area contributed by atoms with E-state index in [1.807, 2.05) is 18.4 Å². The summed E-state index contributed by atoms with van der Waals surface area (Å²) in [5.41, 5.74) is 9.49. The van der Waals surface area contributed by atoms with E-state index in [1.165, 1.54) is 11.3 Å². The van der Waals surface area contributed by atoms with Crippen molar-refractivity contribution in [3.05, 3.63) is 52.0 Å². The molecule has 4 aromatic rings. The van der Waals surface area contributed by atoms with E-state index in [0.29, 0.717) is 34.9 Å². The van der Waals surface area contributed by atoms with Crippen molar-refractivity contribution in [2.75, 3.05) is 5.32 Å². The van der Waals surface area contributed by atoms with Crippen LogP contribution < -0.4 is 11.1 Å². The number of halogens is 1. The highest BCUT2D eigenvalue weighted by Crippen LogP contribution is 2.38. The molecule has 0 fully saturated rings. The van der Waals surface area contributed by atoms with Crippen molar-refractivity contribution in [3.63, 3.8) is 0 Å². The minimum atomic E-state index is -0.0702. The molecule has 0 bridgehead atoms. The first-order chi connectivity index (χ1) is 12.6. The molecular weight excluding hydrogens is 372 g/mol. The standard InChI is InChI=1S/C18H17ClN4O2S/c1-10(20)5-14-16(13-8-24-9-22-13)17-18(25-14)12(6-15(19)23-17)21-7-11-3-2-4-26-11/h2-4,6,8-10H,5,7,20H2,1H3,(H,21,23)/t10-/m0/s1. The summed E-state index contributed by atoms with van der Waals surface area (Å²) in [6.07, 6.45) is 3.50. The van der Waals surface area contributed by atoms with Crippen LogP contribution in [0.15, 0.2) is 45.1 Å². The van der Waals surface area contributed by atoms with Crippen LogP contribution in [0.3, 0.4) is 0 Å². The monoisotopic (exact) mass is 388 g/mol. The predicted octanol–water partition coefficient (Wildman–Crippen LogP) is 4.70. The number of aromatic nitrogens is 2. The second kappa shape index (κ2) is 7.11. The number of thiophene rings is 1. The van der Waals surface area contributed by atoms with Gasteiger partial charge in [0.05, 0.1) is 11.3 Å². The van der Waals surface area contributed by atoms with Gasteiger partial charge in [-0.25, -0.2) is 9.97 Å². The third kappa shape index (κ3) is 3.33. The highest BCUT2D eigenvalue weighted by atomic mass is 35.5. The van der Waals surface area contributed by atoms with Crippen LogP contribution in [0.5, 0.6) is 0 Å². The number of nitrogens with one attached hydrogen (secondary N) is 1. The third-order valence-electron chi connectivity index (χ3n) is 3.91. The molecule has 0 radical (unpaired) electrons. The average Bonchev–Trinajstić information content (AvgIpc) is 3.32. The van der Waals surface area contributed by atoms with Crippen LogP contribution >= 0.6 is 22.9 Å². The van der Waals surface area contributed by atoms with Gasteiger partial charge in [-0.2, -0.15) is 0 Å². The van der Waals surface area contributed by atoms with Gasteiger partial charge in [0.25, 0.3) is 0 Å². The maximum absolute atomic E-state index is 6.27. The fourth-order valence-electron chi connectivity index (χ4n) is 2.84. The Morgan fingerprint density at radius 2 is 2.31 bits per heavy atom. The maximum Gasteiger partial charge on any atom is 0.181 e. The smallest absolute Gasteiger partial charge is 0.181 e. The summed E-state index contributed by atoms with van der Waals surface area (Å²) in [7, 11) is 0. The number of nitrogens with two attached hydrogens (primary N) is 1. The van der Waals surface area contributed by atoms with Crippen molar-refractivity contribution in [2.45, 2.75) is 25.9 Å². The Morgan fingerprint density at radius 3 is 3.00 bits per heavy atom. The fraction of sp³-hybridized carbons (Fsp3) is 0.222. The Balaban J connectivity index is 1.83. The zero-order valence-corrected chi connectivity index (χ0v) is 15.6. The number of hydrogen-bond acceptors (Lipinski definition) is 7. The molecule has 0 aliphatic rings. The van der Waals surface area contributed by atoms with Gasteiger partial charge in [0, 0.05) is 30.0 Å². The van der Waals surface area contributed by atoms with E-state index in [4.69, 9.17) is 26.2 Å². The molecule has 0 aromatic carbocycles. The van der Waals surface area contributed by atoms with Crippen molar-refractivity contribution in [3.8, 4) is 11.3 Å². The molecule has 134 valence electrons. The quantitative estimate of drug-likeness (QED) is 0.465. The van der Waals surface area contributed by atoms with Crippen molar-refractivity contribution < 1.29 is 8.83 Å². The van der Waals surface area contributed by atoms with Crippen LogP contribution in [0.25, 0.3) is 22.4 Å². The van der Waals surface area contributed by atoms with Crippen molar-refractivity contribution in [1.29, 1.82) is 0 Å². The molecule has 4 rings (SSSR count). The van der Waals surface area contributed by atoms with E-state index < -0.39 is 0 Å². The number of oxazole rings is 1. The Bertz CT molecular complexity index is 1010. The van der Waals surface area contributed by atoms with Gasteiger partial charge < -0.3 is 19.9 Å². The number of nitrogens with zero attached hydrogens (tertiary/aromatic N) is 2. The lowest BCUT2D eigenvalue weighted by Crippen LogP contribution is -2.17. The summed E-state index contributed by atoms with van der Waals surface area (Å²) in [5, 5.41) is 5.81. The summed E-state index contributed by atoms with van der Waals surface area (Å²) in [4.78, 5) is 9.94. The van der Waals surface area contributed by atoms with Crippen LogP contribution in [-0.2, 0) is 13.0 Å². The highest BCUT2D eigenvalue weighted by Gasteiger charge is 2.23. The van der Waals surface area contributed by atoms with Crippen LogP contribution in [-0.4, -0.2) is 16.0 Å². The molecule has 0 aliphatic carbocycles. The largest absolute Gasteiger partial charge is 0.456 e. The minimum Gasteiger partial charge on any atom is -0.456 e. The first-order valence-electron chi connectivity index (χ1n) is 8.14. The zero-order chi connectivity index (χ0) is 18.1. The van der Waals surface area contributed by atoms with E-state index in [2.05, 4.69) is 21.4 Å². The lowest BCUT2D eigenvalue weighted by molar-refractivity contribution is 0.527. The number of anilines is 1. The summed E-state index contributed by atoms with van der Waals surface area (Å²) >= 11 is 7.96. The molecule has 0 unspecified atom stereocenters. The normalized spacial score (nSPS) is 12.6. The molecule has 4 heterocycles. The SMILES string of the molecule is C[C@H](N)Cc1oc2c(NCc3cccs3)cc(Cl)nc2c1-c1cocn1. The van der Waals surface area contributed by atoms with E-state index in [0.717, 1.165) is 17.0 Å². The van der Waals surface area contributed by atoms with Crippen LogP contribution in [0.2, 0.25) is 5.15 Å². The molecule has 3 N–H and O–H groups in total. The minimum absolute atomic E-state index is 0.0702. The van der Waals surface area contributed by atoms with Gasteiger partial charge in [0.1, 0.15) is 28.4 Å². The molecule has 0 aliphatic heterocycles. The van der Waals surface area contributed by atoms with Crippen molar-refractivity contribution in [1.82, 2.24) is 9.97 Å². The zero-order valence-electron chi connectivity index (χ0n) is 14.0. The Morgan fingerprint density at radius 1 is 1.42 bits per heavy atom. The molecule has 0 spiro atoms. The molecule has 4 aromatic heterocycles. The molecule has 26 heavy (non-hydrogen) atoms. The predicted molar refractivity (Wildman–Crippen MR) is 104 cm³/mol. The van der Waals surface area contributed by atoms with Gasteiger partial charge in [-0.3, -0.25) is 0 Å². The second-order valence-corrected chi connectivity index (χ2v) is 7.48. The third-order valence-corrected chi connectivity index (χ3v) is 4.98. The van der Waals surface area contributed by atoms with Crippen LogP contribution in [0.4, 0.5) is 5.69 Å². The van der Waals surface area contributed by atoms with Gasteiger partial charge in [-0.1, -0.05) is 17.7 Å². The molecule has 1 atom stereocenters. The summed E-state index contributed by atoms with van der Waals surface area (Å²) in [6, 6.07) is 5.79. The summed E-state index contributed by atoms with van der Waals surface area (Å²) in [5.74, 6) is 0.720. The van der Waals surface area contributed by atoms with E-state index in [-0.39, 0.29) is 6.04 Å². The van der Waals surface area contributed by atoms with Gasteiger partial charge >= 0.3 is 0 Å². The molecular formula is C18H17ClN4O2S. The molecule has 6 nitrogen and oxygen atoms in total. The number of hydrogen-bond donors (Lipinski definition) is 2. The first-order valence-corrected chi connectivity index (χ1v) is 9.40. The van der Waals surface area contributed by atoms with E-state index in [1.54, 1.807) is 23.7 Å². The Hall–Kier alpha value is -2.35. The fourth-order valence-corrected chi connectivity index (χ4v) is 3.68. The van der Waals surface area contributed by atoms with Crippen molar-refractivity contribution in [2.24, 2.45) is 5.73 Å². The van der Waals surface area contributed by atoms with Gasteiger partial charge in [-0.15, -0.1) is 11.3 Å². The molecule has 0 amide bonds. The first kappa shape index (κ1) is 17.1. The van der Waals surface area contributed by atoms with E-state index >= 15 is 0 Å². The maximum atomic E-state index is 6.27. The van der Waals surface area contributed by atoms with Gasteiger partial charge in [0.15, 0.2) is 12.0 Å². The second-order valence-electron chi connectivity index (χ2n) is 6.06. The molecule has 0 saturated heterocycles. The van der Waals surface area contributed by atoms with Crippen molar-refractivity contribution >= 4 is 39.7 Å². The van der Waals surface area contributed by atoms with Crippen LogP contribution in [0.1, 0.15) is 17.6 Å². The number of furan rings is 1. The number of fused-ring (bicyclic) bond motifs is 1. The Labute approximate surface area is 159 Å². The highest BCUT2D eigenvalue weighted by molar-refractivity contribution is 7.09. The summed E-state index contributed by atoms with van der Waals surface area (Å²) < 4.78 is 11.3. The average molecular weight is 389 g/mol. The number of pyridine rings is 1. The lowest BCUT2D eigenvalue weighted by atomic mass is 10.1. The van der Waals surface area contributed by atoms with E-state index in [9.17, 15) is 0 Å². The topological polar surface area (TPSA) is 90.1 Å². The molecule has 0 saturated carbocycles. The van der Waals surface area contributed by atoms with Crippen LogP contribution in [0, 0.1) is 0 Å². The number of rotatable bonds is 6. The lowest BCUT2D eigenvalue weighted by Gasteiger charge is -2.06.